The minimum absolute atomic E-state index is 0.135. The Morgan fingerprint density at radius 3 is 2.35 bits per heavy atom. The molecule has 0 N–H and O–H groups in total. The second-order valence-electron chi connectivity index (χ2n) is 7.23. The first-order chi connectivity index (χ1) is 12.5. The van der Waals surface area contributed by atoms with Crippen molar-refractivity contribution in [1.82, 2.24) is 14.7 Å². The van der Waals surface area contributed by atoms with Gasteiger partial charge in [-0.3, -0.25) is 9.48 Å². The summed E-state index contributed by atoms with van der Waals surface area (Å²) < 4.78 is 1.81. The number of likely N-dealkylation sites (tertiary alicyclic amines) is 1. The first-order valence-corrected chi connectivity index (χ1v) is 8.97. The molecule has 4 rings (SSSR count). The molecule has 132 valence electrons. The maximum atomic E-state index is 12.6. The van der Waals surface area contributed by atoms with Gasteiger partial charge in [0, 0.05) is 43.4 Å². The van der Waals surface area contributed by atoms with Gasteiger partial charge >= 0.3 is 0 Å². The van der Waals surface area contributed by atoms with Crippen LogP contribution >= 0.6 is 0 Å². The largest absolute Gasteiger partial charge is 0.337 e. The van der Waals surface area contributed by atoms with Crippen LogP contribution in [0.15, 0.2) is 54.9 Å². The van der Waals surface area contributed by atoms with E-state index in [4.69, 9.17) is 0 Å². The second-order valence-corrected chi connectivity index (χ2v) is 7.23. The van der Waals surface area contributed by atoms with Crippen molar-refractivity contribution in [3.63, 3.8) is 0 Å². The molecule has 0 radical (unpaired) electrons. The molecule has 26 heavy (non-hydrogen) atoms. The van der Waals surface area contributed by atoms with Crippen LogP contribution in [0.2, 0.25) is 0 Å². The molecule has 4 nitrogen and oxygen atoms in total. The number of benzene rings is 2. The molecule has 1 saturated heterocycles. The molecule has 1 aliphatic rings. The average molecular weight is 345 g/mol. The number of hydrogen-bond donors (Lipinski definition) is 0. The highest BCUT2D eigenvalue weighted by Crippen LogP contribution is 2.30. The Labute approximate surface area is 154 Å². The van der Waals surface area contributed by atoms with E-state index in [1.165, 1.54) is 22.3 Å². The quantitative estimate of drug-likeness (QED) is 0.721. The summed E-state index contributed by atoms with van der Waals surface area (Å²) in [5, 5.41) is 4.22. The van der Waals surface area contributed by atoms with E-state index >= 15 is 0 Å². The van der Waals surface area contributed by atoms with Crippen LogP contribution in [0, 0.1) is 13.8 Å². The van der Waals surface area contributed by atoms with E-state index in [0.29, 0.717) is 5.92 Å². The molecule has 0 atom stereocenters. The lowest BCUT2D eigenvalue weighted by Gasteiger charge is -2.39. The molecule has 2 aromatic carbocycles. The fourth-order valence-electron chi connectivity index (χ4n) is 3.43. The van der Waals surface area contributed by atoms with Gasteiger partial charge in [-0.15, -0.1) is 0 Å². The van der Waals surface area contributed by atoms with Crippen LogP contribution in [0.1, 0.15) is 33.0 Å². The van der Waals surface area contributed by atoms with Crippen molar-refractivity contribution < 1.29 is 4.79 Å². The Morgan fingerprint density at radius 2 is 1.73 bits per heavy atom. The van der Waals surface area contributed by atoms with Crippen LogP contribution in [0.4, 0.5) is 0 Å². The summed E-state index contributed by atoms with van der Waals surface area (Å²) in [5.41, 5.74) is 6.76. The standard InChI is InChI=1S/C22H23N3O/c1-15-4-5-19(10-16(15)2)22(26)25-13-21(14-25)18-8-6-17(7-9-18)20-11-23-24(3)12-20/h4-12,21H,13-14H2,1-3H3. The second kappa shape index (κ2) is 6.45. The van der Waals surface area contributed by atoms with E-state index in [0.717, 1.165) is 24.2 Å². The van der Waals surface area contributed by atoms with Crippen LogP contribution in [-0.4, -0.2) is 33.7 Å². The lowest BCUT2D eigenvalue weighted by atomic mass is 9.89. The fourth-order valence-corrected chi connectivity index (χ4v) is 3.43. The molecule has 1 fully saturated rings. The van der Waals surface area contributed by atoms with Crippen molar-refractivity contribution >= 4 is 5.91 Å². The lowest BCUT2D eigenvalue weighted by Crippen LogP contribution is -2.48. The number of aryl methyl sites for hydroxylation is 3. The Morgan fingerprint density at radius 1 is 1.00 bits per heavy atom. The number of carbonyl (C=O) groups excluding carboxylic acids is 1. The maximum absolute atomic E-state index is 12.6. The minimum atomic E-state index is 0.135. The van der Waals surface area contributed by atoms with E-state index < -0.39 is 0 Å². The van der Waals surface area contributed by atoms with E-state index in [1.807, 2.05) is 47.2 Å². The Bertz CT molecular complexity index is 950. The Kier molecular flexibility index (Phi) is 4.11. The van der Waals surface area contributed by atoms with Crippen LogP contribution < -0.4 is 0 Å². The third-order valence-corrected chi connectivity index (χ3v) is 5.34. The molecule has 0 unspecified atom stereocenters. The van der Waals surface area contributed by atoms with Gasteiger partial charge in [0.2, 0.25) is 0 Å². The van der Waals surface area contributed by atoms with E-state index in [1.54, 1.807) is 0 Å². The van der Waals surface area contributed by atoms with E-state index in [9.17, 15) is 4.79 Å². The van der Waals surface area contributed by atoms with E-state index in [2.05, 4.69) is 43.2 Å². The molecule has 0 aliphatic carbocycles. The fraction of sp³-hybridized carbons (Fsp3) is 0.273. The monoisotopic (exact) mass is 345 g/mol. The van der Waals surface area contributed by atoms with Gasteiger partial charge < -0.3 is 4.90 Å². The van der Waals surface area contributed by atoms with Gasteiger partial charge in [-0.05, 0) is 48.2 Å². The maximum Gasteiger partial charge on any atom is 0.253 e. The Hall–Kier alpha value is -2.88. The summed E-state index contributed by atoms with van der Waals surface area (Å²) in [6.45, 7) is 5.70. The third-order valence-electron chi connectivity index (χ3n) is 5.34. The van der Waals surface area contributed by atoms with Crippen molar-refractivity contribution in [3.8, 4) is 11.1 Å². The van der Waals surface area contributed by atoms with Gasteiger partial charge in [-0.1, -0.05) is 30.3 Å². The molecular weight excluding hydrogens is 322 g/mol. The number of carbonyl (C=O) groups is 1. The van der Waals surface area contributed by atoms with Crippen LogP contribution in [-0.2, 0) is 7.05 Å². The van der Waals surface area contributed by atoms with Crippen LogP contribution in [0.25, 0.3) is 11.1 Å². The van der Waals surface area contributed by atoms with Crippen molar-refractivity contribution in [2.75, 3.05) is 13.1 Å². The SMILES string of the molecule is Cc1ccc(C(=O)N2CC(c3ccc(-c4cnn(C)c4)cc3)C2)cc1C. The highest BCUT2D eigenvalue weighted by Gasteiger charge is 2.32. The van der Waals surface area contributed by atoms with Gasteiger partial charge in [0.1, 0.15) is 0 Å². The summed E-state index contributed by atoms with van der Waals surface area (Å²) >= 11 is 0. The van der Waals surface area contributed by atoms with Crippen molar-refractivity contribution in [1.29, 1.82) is 0 Å². The predicted octanol–water partition coefficient (Wildman–Crippen LogP) is 3.94. The average Bonchev–Trinajstić information content (AvgIpc) is 3.03. The topological polar surface area (TPSA) is 38.1 Å². The van der Waals surface area contributed by atoms with Crippen LogP contribution in [0.5, 0.6) is 0 Å². The molecule has 1 aromatic heterocycles. The highest BCUT2D eigenvalue weighted by molar-refractivity contribution is 5.95. The third kappa shape index (κ3) is 3.03. The number of nitrogens with zero attached hydrogens (tertiary/aromatic N) is 3. The lowest BCUT2D eigenvalue weighted by molar-refractivity contribution is 0.0602. The zero-order chi connectivity index (χ0) is 18.3. The normalized spacial score (nSPS) is 14.3. The minimum Gasteiger partial charge on any atom is -0.337 e. The number of hydrogen-bond acceptors (Lipinski definition) is 2. The number of rotatable bonds is 3. The molecular formula is C22H23N3O. The first kappa shape index (κ1) is 16.6. The van der Waals surface area contributed by atoms with Crippen molar-refractivity contribution in [2.45, 2.75) is 19.8 Å². The van der Waals surface area contributed by atoms with Gasteiger partial charge in [0.05, 0.1) is 6.20 Å². The molecule has 1 aliphatic heterocycles. The Balaban J connectivity index is 1.41. The van der Waals surface area contributed by atoms with Gasteiger partial charge in [0.15, 0.2) is 0 Å². The first-order valence-electron chi connectivity index (χ1n) is 8.97. The molecule has 3 aromatic rings. The van der Waals surface area contributed by atoms with E-state index in [-0.39, 0.29) is 5.91 Å². The molecule has 0 spiro atoms. The summed E-state index contributed by atoms with van der Waals surface area (Å²) in [6, 6.07) is 14.6. The molecule has 0 saturated carbocycles. The van der Waals surface area contributed by atoms with Gasteiger partial charge in [0.25, 0.3) is 5.91 Å². The van der Waals surface area contributed by atoms with Crippen molar-refractivity contribution in [3.05, 3.63) is 77.1 Å². The summed E-state index contributed by atoms with van der Waals surface area (Å²) in [4.78, 5) is 14.6. The number of amides is 1. The summed E-state index contributed by atoms with van der Waals surface area (Å²) in [7, 11) is 1.92. The molecule has 4 heteroatoms. The summed E-state index contributed by atoms with van der Waals surface area (Å²) in [6.07, 6.45) is 3.89. The molecule has 1 amide bonds. The highest BCUT2D eigenvalue weighted by atomic mass is 16.2. The van der Waals surface area contributed by atoms with Gasteiger partial charge in [-0.25, -0.2) is 0 Å². The zero-order valence-corrected chi connectivity index (χ0v) is 15.4. The van der Waals surface area contributed by atoms with Crippen molar-refractivity contribution in [2.24, 2.45) is 7.05 Å². The zero-order valence-electron chi connectivity index (χ0n) is 15.4. The summed E-state index contributed by atoms with van der Waals surface area (Å²) in [5.74, 6) is 0.560. The predicted molar refractivity (Wildman–Crippen MR) is 103 cm³/mol. The smallest absolute Gasteiger partial charge is 0.253 e. The van der Waals surface area contributed by atoms with Gasteiger partial charge in [-0.2, -0.15) is 5.10 Å². The molecule has 0 bridgehead atoms. The number of aromatic nitrogens is 2. The molecule has 2 heterocycles. The van der Waals surface area contributed by atoms with Crippen LogP contribution in [0.3, 0.4) is 0 Å².